The fourth-order valence-corrected chi connectivity index (χ4v) is 2.92. The van der Waals surface area contributed by atoms with Gasteiger partial charge >= 0.3 is 0 Å². The fourth-order valence-electron chi connectivity index (χ4n) is 2.92. The minimum absolute atomic E-state index is 1.15. The van der Waals surface area contributed by atoms with Crippen LogP contribution in [0.4, 0.5) is 5.69 Å². The minimum Gasteiger partial charge on any atom is -0.369 e. The van der Waals surface area contributed by atoms with Gasteiger partial charge in [0.25, 0.3) is 0 Å². The highest BCUT2D eigenvalue weighted by Crippen LogP contribution is 2.23. The first-order valence-corrected chi connectivity index (χ1v) is 7.33. The molecule has 0 aliphatic carbocycles. The highest BCUT2D eigenvalue weighted by molar-refractivity contribution is 5.85. The molecule has 1 aliphatic heterocycles. The zero-order valence-corrected chi connectivity index (χ0v) is 11.7. The Morgan fingerprint density at radius 3 is 2.37 bits per heavy atom. The molecule has 0 bridgehead atoms. The van der Waals surface area contributed by atoms with Crippen LogP contribution in [0.3, 0.4) is 0 Å². The van der Waals surface area contributed by atoms with Gasteiger partial charge in [0, 0.05) is 31.9 Å². The number of hydrogen-bond acceptors (Lipinski definition) is 2. The Kier molecular flexibility index (Phi) is 3.69. The molecule has 0 saturated carbocycles. The molecule has 1 heterocycles. The Labute approximate surface area is 115 Å². The standard InChI is InChI=1S/C17H22N2/c1-2-9-18-10-12-19(13-11-18)17-8-7-15-5-3-4-6-16(15)14-17/h3-8,14H,2,9-13H2,1H3. The second-order valence-corrected chi connectivity index (χ2v) is 5.36. The molecule has 0 spiro atoms. The summed E-state index contributed by atoms with van der Waals surface area (Å²) in [5, 5.41) is 2.67. The number of fused-ring (bicyclic) bond motifs is 1. The lowest BCUT2D eigenvalue weighted by atomic mass is 10.1. The summed E-state index contributed by atoms with van der Waals surface area (Å²) in [6.07, 6.45) is 1.26. The average molecular weight is 254 g/mol. The SMILES string of the molecule is CCCN1CCN(c2ccc3ccccc3c2)CC1. The molecule has 2 nitrogen and oxygen atoms in total. The van der Waals surface area contributed by atoms with Crippen LogP contribution in [-0.4, -0.2) is 37.6 Å². The third kappa shape index (κ3) is 2.74. The van der Waals surface area contributed by atoms with E-state index in [2.05, 4.69) is 59.2 Å². The van der Waals surface area contributed by atoms with Crippen molar-refractivity contribution in [2.24, 2.45) is 0 Å². The van der Waals surface area contributed by atoms with Gasteiger partial charge in [-0.1, -0.05) is 37.3 Å². The number of rotatable bonds is 3. The van der Waals surface area contributed by atoms with Crippen molar-refractivity contribution in [1.82, 2.24) is 4.90 Å². The van der Waals surface area contributed by atoms with E-state index in [1.807, 2.05) is 0 Å². The zero-order chi connectivity index (χ0) is 13.1. The van der Waals surface area contributed by atoms with Gasteiger partial charge in [-0.05, 0) is 35.9 Å². The number of piperazine rings is 1. The predicted molar refractivity (Wildman–Crippen MR) is 82.9 cm³/mol. The molecule has 1 saturated heterocycles. The molecule has 0 atom stereocenters. The first-order chi connectivity index (χ1) is 9.36. The second kappa shape index (κ2) is 5.62. The topological polar surface area (TPSA) is 6.48 Å². The third-order valence-corrected chi connectivity index (χ3v) is 4.01. The van der Waals surface area contributed by atoms with Crippen LogP contribution in [0.25, 0.3) is 10.8 Å². The molecule has 1 fully saturated rings. The molecule has 0 radical (unpaired) electrons. The summed E-state index contributed by atoms with van der Waals surface area (Å²) in [4.78, 5) is 5.08. The monoisotopic (exact) mass is 254 g/mol. The van der Waals surface area contributed by atoms with E-state index in [4.69, 9.17) is 0 Å². The lowest BCUT2D eigenvalue weighted by Gasteiger charge is -2.36. The third-order valence-electron chi connectivity index (χ3n) is 4.01. The van der Waals surface area contributed by atoms with Gasteiger partial charge in [-0.3, -0.25) is 4.90 Å². The first-order valence-electron chi connectivity index (χ1n) is 7.33. The number of anilines is 1. The van der Waals surface area contributed by atoms with E-state index < -0.39 is 0 Å². The Hall–Kier alpha value is -1.54. The highest BCUT2D eigenvalue weighted by atomic mass is 15.3. The maximum atomic E-state index is 2.57. The van der Waals surface area contributed by atoms with Crippen molar-refractivity contribution in [1.29, 1.82) is 0 Å². The molecular formula is C17H22N2. The van der Waals surface area contributed by atoms with Crippen LogP contribution >= 0.6 is 0 Å². The van der Waals surface area contributed by atoms with Crippen LogP contribution in [-0.2, 0) is 0 Å². The Bertz CT molecular complexity index is 542. The molecule has 0 amide bonds. The Balaban J connectivity index is 1.74. The molecule has 2 aromatic rings. The Morgan fingerprint density at radius 1 is 0.895 bits per heavy atom. The largest absolute Gasteiger partial charge is 0.369 e. The lowest BCUT2D eigenvalue weighted by molar-refractivity contribution is 0.258. The Morgan fingerprint density at radius 2 is 1.63 bits per heavy atom. The van der Waals surface area contributed by atoms with E-state index >= 15 is 0 Å². The van der Waals surface area contributed by atoms with Gasteiger partial charge in [0.2, 0.25) is 0 Å². The average Bonchev–Trinajstić information content (AvgIpc) is 2.48. The van der Waals surface area contributed by atoms with Crippen molar-refractivity contribution in [3.63, 3.8) is 0 Å². The highest BCUT2D eigenvalue weighted by Gasteiger charge is 2.16. The number of benzene rings is 2. The van der Waals surface area contributed by atoms with Gasteiger partial charge < -0.3 is 4.90 Å². The summed E-state index contributed by atoms with van der Waals surface area (Å²) in [5.41, 5.74) is 1.37. The van der Waals surface area contributed by atoms with Crippen LogP contribution < -0.4 is 4.90 Å². The lowest BCUT2D eigenvalue weighted by Crippen LogP contribution is -2.46. The van der Waals surface area contributed by atoms with E-state index in [1.54, 1.807) is 0 Å². The van der Waals surface area contributed by atoms with Gasteiger partial charge in [-0.15, -0.1) is 0 Å². The van der Waals surface area contributed by atoms with Crippen molar-refractivity contribution in [2.75, 3.05) is 37.6 Å². The zero-order valence-electron chi connectivity index (χ0n) is 11.7. The van der Waals surface area contributed by atoms with Crippen molar-refractivity contribution < 1.29 is 0 Å². The van der Waals surface area contributed by atoms with Crippen LogP contribution in [0.15, 0.2) is 42.5 Å². The van der Waals surface area contributed by atoms with Gasteiger partial charge in [0.05, 0.1) is 0 Å². The van der Waals surface area contributed by atoms with E-state index in [1.165, 1.54) is 42.5 Å². The van der Waals surface area contributed by atoms with Crippen LogP contribution in [0.5, 0.6) is 0 Å². The maximum Gasteiger partial charge on any atom is 0.0373 e. The number of hydrogen-bond donors (Lipinski definition) is 0. The quantitative estimate of drug-likeness (QED) is 0.828. The molecule has 0 unspecified atom stereocenters. The van der Waals surface area contributed by atoms with Gasteiger partial charge in [0.15, 0.2) is 0 Å². The molecule has 0 N–H and O–H groups in total. The predicted octanol–water partition coefficient (Wildman–Crippen LogP) is 3.37. The first kappa shape index (κ1) is 12.5. The summed E-state index contributed by atoms with van der Waals surface area (Å²) in [6, 6.07) is 15.4. The summed E-state index contributed by atoms with van der Waals surface area (Å²) >= 11 is 0. The molecule has 2 aromatic carbocycles. The van der Waals surface area contributed by atoms with Gasteiger partial charge in [-0.2, -0.15) is 0 Å². The number of nitrogens with zero attached hydrogens (tertiary/aromatic N) is 2. The van der Waals surface area contributed by atoms with Crippen molar-refractivity contribution in [3.05, 3.63) is 42.5 Å². The van der Waals surface area contributed by atoms with Crippen LogP contribution in [0.1, 0.15) is 13.3 Å². The van der Waals surface area contributed by atoms with Crippen LogP contribution in [0.2, 0.25) is 0 Å². The summed E-state index contributed by atoms with van der Waals surface area (Å²) in [5.74, 6) is 0. The van der Waals surface area contributed by atoms with Crippen molar-refractivity contribution in [3.8, 4) is 0 Å². The second-order valence-electron chi connectivity index (χ2n) is 5.36. The molecule has 19 heavy (non-hydrogen) atoms. The molecule has 2 heteroatoms. The summed E-state index contributed by atoms with van der Waals surface area (Å²) < 4.78 is 0. The maximum absolute atomic E-state index is 2.57. The summed E-state index contributed by atoms with van der Waals surface area (Å²) in [6.45, 7) is 8.19. The molecular weight excluding hydrogens is 232 g/mol. The molecule has 3 rings (SSSR count). The van der Waals surface area contributed by atoms with E-state index in [9.17, 15) is 0 Å². The van der Waals surface area contributed by atoms with E-state index in [0.29, 0.717) is 0 Å². The molecule has 100 valence electrons. The van der Waals surface area contributed by atoms with Gasteiger partial charge in [-0.25, -0.2) is 0 Å². The minimum atomic E-state index is 1.15. The van der Waals surface area contributed by atoms with E-state index in [0.717, 1.165) is 13.1 Å². The smallest absolute Gasteiger partial charge is 0.0373 e. The molecule has 0 aromatic heterocycles. The van der Waals surface area contributed by atoms with Crippen molar-refractivity contribution >= 4 is 16.5 Å². The van der Waals surface area contributed by atoms with Crippen molar-refractivity contribution in [2.45, 2.75) is 13.3 Å². The molecule has 1 aliphatic rings. The normalized spacial score (nSPS) is 17.0. The van der Waals surface area contributed by atoms with Crippen LogP contribution in [0, 0.1) is 0 Å². The van der Waals surface area contributed by atoms with Gasteiger partial charge in [0.1, 0.15) is 0 Å². The fraction of sp³-hybridized carbons (Fsp3) is 0.412. The summed E-state index contributed by atoms with van der Waals surface area (Å²) in [7, 11) is 0. The van der Waals surface area contributed by atoms with E-state index in [-0.39, 0.29) is 0 Å².